The van der Waals surface area contributed by atoms with Gasteiger partial charge in [0.05, 0.1) is 23.4 Å². The number of benzene rings is 2. The second kappa shape index (κ2) is 6.09. The van der Waals surface area contributed by atoms with Gasteiger partial charge < -0.3 is 10.4 Å². The van der Waals surface area contributed by atoms with Crippen LogP contribution < -0.4 is 5.32 Å². The van der Waals surface area contributed by atoms with E-state index < -0.39 is 0 Å². The van der Waals surface area contributed by atoms with Crippen molar-refractivity contribution < 1.29 is 5.11 Å². The molecule has 1 unspecified atom stereocenters. The lowest BCUT2D eigenvalue weighted by atomic mass is 9.97. The van der Waals surface area contributed by atoms with E-state index in [1.54, 1.807) is 0 Å². The van der Waals surface area contributed by atoms with Crippen LogP contribution in [0, 0.1) is 13.8 Å². The summed E-state index contributed by atoms with van der Waals surface area (Å²) in [4.78, 5) is 0. The highest BCUT2D eigenvalue weighted by Crippen LogP contribution is 2.28. The molecular weight excluding hydrogens is 258 g/mol. The molecule has 19 heavy (non-hydrogen) atoms. The van der Waals surface area contributed by atoms with Gasteiger partial charge >= 0.3 is 0 Å². The molecule has 1 atom stereocenters. The highest BCUT2D eigenvalue weighted by molar-refractivity contribution is 6.33. The fraction of sp³-hybridized carbons (Fsp3) is 0.250. The zero-order valence-corrected chi connectivity index (χ0v) is 11.9. The molecule has 0 bridgehead atoms. The van der Waals surface area contributed by atoms with E-state index in [2.05, 4.69) is 25.2 Å². The molecule has 0 fully saturated rings. The zero-order valence-electron chi connectivity index (χ0n) is 11.2. The monoisotopic (exact) mass is 275 g/mol. The highest BCUT2D eigenvalue weighted by atomic mass is 35.5. The minimum absolute atomic E-state index is 0.0233. The quantitative estimate of drug-likeness (QED) is 0.880. The van der Waals surface area contributed by atoms with Crippen LogP contribution in [0.1, 0.15) is 22.7 Å². The topological polar surface area (TPSA) is 32.3 Å². The lowest BCUT2D eigenvalue weighted by molar-refractivity contribution is 0.276. The predicted molar refractivity (Wildman–Crippen MR) is 80.8 cm³/mol. The van der Waals surface area contributed by atoms with E-state index in [1.165, 1.54) is 11.1 Å². The SMILES string of the molecule is Cc1cccc(C(CO)Nc2ccccc2Cl)c1C. The number of aryl methyl sites for hydroxylation is 1. The second-order valence-corrected chi connectivity index (χ2v) is 5.06. The van der Waals surface area contributed by atoms with Crippen LogP contribution in [0.25, 0.3) is 0 Å². The van der Waals surface area contributed by atoms with Crippen molar-refractivity contribution in [2.45, 2.75) is 19.9 Å². The molecule has 0 heterocycles. The summed E-state index contributed by atoms with van der Waals surface area (Å²) in [6.45, 7) is 4.17. The molecule has 0 saturated heterocycles. The molecule has 0 amide bonds. The maximum atomic E-state index is 9.64. The molecule has 2 rings (SSSR count). The van der Waals surface area contributed by atoms with E-state index in [0.717, 1.165) is 11.3 Å². The molecule has 2 aromatic rings. The molecule has 2 nitrogen and oxygen atoms in total. The van der Waals surface area contributed by atoms with Crippen LogP contribution >= 0.6 is 11.6 Å². The third-order valence-corrected chi connectivity index (χ3v) is 3.74. The summed E-state index contributed by atoms with van der Waals surface area (Å²) in [5.74, 6) is 0. The molecule has 0 aliphatic heterocycles. The van der Waals surface area contributed by atoms with Crippen molar-refractivity contribution >= 4 is 17.3 Å². The summed E-state index contributed by atoms with van der Waals surface area (Å²) in [6.07, 6.45) is 0. The van der Waals surface area contributed by atoms with Gasteiger partial charge in [0.15, 0.2) is 0 Å². The first-order valence-corrected chi connectivity index (χ1v) is 6.69. The number of hydrogen-bond donors (Lipinski definition) is 2. The van der Waals surface area contributed by atoms with Gasteiger partial charge in [0.1, 0.15) is 0 Å². The van der Waals surface area contributed by atoms with E-state index in [9.17, 15) is 5.11 Å². The molecule has 3 heteroatoms. The fourth-order valence-corrected chi connectivity index (χ4v) is 2.33. The number of halogens is 1. The maximum Gasteiger partial charge on any atom is 0.0748 e. The summed E-state index contributed by atoms with van der Waals surface area (Å²) in [5, 5.41) is 13.6. The van der Waals surface area contributed by atoms with Crippen molar-refractivity contribution in [2.24, 2.45) is 0 Å². The molecule has 0 aliphatic carbocycles. The van der Waals surface area contributed by atoms with Crippen molar-refractivity contribution in [3.8, 4) is 0 Å². The van der Waals surface area contributed by atoms with Gasteiger partial charge in [0.25, 0.3) is 0 Å². The Labute approximate surface area is 119 Å². The van der Waals surface area contributed by atoms with Crippen molar-refractivity contribution in [3.05, 3.63) is 64.2 Å². The average Bonchev–Trinajstić information content (AvgIpc) is 2.41. The molecular formula is C16H18ClNO. The summed E-state index contributed by atoms with van der Waals surface area (Å²) < 4.78 is 0. The van der Waals surface area contributed by atoms with Gasteiger partial charge in [-0.05, 0) is 42.7 Å². The van der Waals surface area contributed by atoms with Gasteiger partial charge in [-0.25, -0.2) is 0 Å². The number of hydrogen-bond acceptors (Lipinski definition) is 2. The van der Waals surface area contributed by atoms with Crippen LogP contribution in [0.4, 0.5) is 5.69 Å². The van der Waals surface area contributed by atoms with Crippen molar-refractivity contribution in [1.82, 2.24) is 0 Å². The average molecular weight is 276 g/mol. The van der Waals surface area contributed by atoms with E-state index in [0.29, 0.717) is 5.02 Å². The Morgan fingerprint density at radius 2 is 1.84 bits per heavy atom. The number of nitrogens with one attached hydrogen (secondary N) is 1. The Morgan fingerprint density at radius 1 is 1.11 bits per heavy atom. The molecule has 2 aromatic carbocycles. The third kappa shape index (κ3) is 3.09. The smallest absolute Gasteiger partial charge is 0.0748 e. The Balaban J connectivity index is 2.31. The van der Waals surface area contributed by atoms with Gasteiger partial charge in [-0.2, -0.15) is 0 Å². The number of aliphatic hydroxyl groups excluding tert-OH is 1. The van der Waals surface area contributed by atoms with Crippen LogP contribution in [-0.4, -0.2) is 11.7 Å². The summed E-state index contributed by atoms with van der Waals surface area (Å²) in [5.41, 5.74) is 4.35. The van der Waals surface area contributed by atoms with Crippen LogP contribution in [-0.2, 0) is 0 Å². The largest absolute Gasteiger partial charge is 0.394 e. The third-order valence-electron chi connectivity index (χ3n) is 3.41. The van der Waals surface area contributed by atoms with Crippen LogP contribution in [0.3, 0.4) is 0 Å². The first-order chi connectivity index (χ1) is 9.13. The van der Waals surface area contributed by atoms with Crippen LogP contribution in [0.5, 0.6) is 0 Å². The molecule has 0 saturated carbocycles. The zero-order chi connectivity index (χ0) is 13.8. The summed E-state index contributed by atoms with van der Waals surface area (Å²) in [7, 11) is 0. The number of aliphatic hydroxyl groups is 1. The van der Waals surface area contributed by atoms with Gasteiger partial charge in [-0.3, -0.25) is 0 Å². The fourth-order valence-electron chi connectivity index (χ4n) is 2.14. The number of rotatable bonds is 4. The van der Waals surface area contributed by atoms with E-state index in [-0.39, 0.29) is 12.6 Å². The van der Waals surface area contributed by atoms with Crippen molar-refractivity contribution in [3.63, 3.8) is 0 Å². The van der Waals surface area contributed by atoms with Crippen molar-refractivity contribution in [1.29, 1.82) is 0 Å². The van der Waals surface area contributed by atoms with Crippen LogP contribution in [0.2, 0.25) is 5.02 Å². The summed E-state index contributed by atoms with van der Waals surface area (Å²) in [6, 6.07) is 13.5. The highest BCUT2D eigenvalue weighted by Gasteiger charge is 2.14. The Kier molecular flexibility index (Phi) is 4.46. The number of para-hydroxylation sites is 1. The van der Waals surface area contributed by atoms with Gasteiger partial charge in [-0.15, -0.1) is 0 Å². The predicted octanol–water partition coefficient (Wildman–Crippen LogP) is 4.10. The Morgan fingerprint density at radius 3 is 2.53 bits per heavy atom. The summed E-state index contributed by atoms with van der Waals surface area (Å²) >= 11 is 6.14. The molecule has 2 N–H and O–H groups in total. The van der Waals surface area contributed by atoms with Crippen molar-refractivity contribution in [2.75, 3.05) is 11.9 Å². The second-order valence-electron chi connectivity index (χ2n) is 4.65. The first-order valence-electron chi connectivity index (χ1n) is 6.31. The van der Waals surface area contributed by atoms with E-state index >= 15 is 0 Å². The van der Waals surface area contributed by atoms with Gasteiger partial charge in [0.2, 0.25) is 0 Å². The van der Waals surface area contributed by atoms with Crippen LogP contribution in [0.15, 0.2) is 42.5 Å². The minimum Gasteiger partial charge on any atom is -0.394 e. The van der Waals surface area contributed by atoms with E-state index in [4.69, 9.17) is 11.6 Å². The minimum atomic E-state index is -0.153. The molecule has 0 radical (unpaired) electrons. The first kappa shape index (κ1) is 13.9. The number of anilines is 1. The van der Waals surface area contributed by atoms with E-state index in [1.807, 2.05) is 36.4 Å². The van der Waals surface area contributed by atoms with Gasteiger partial charge in [0, 0.05) is 0 Å². The molecule has 0 aromatic heterocycles. The Bertz CT molecular complexity index is 568. The standard InChI is InChI=1S/C16H18ClNO/c1-11-6-5-7-13(12(11)2)16(10-19)18-15-9-4-3-8-14(15)17/h3-9,16,18-19H,10H2,1-2H3. The Hall–Kier alpha value is -1.51. The molecule has 0 spiro atoms. The molecule has 100 valence electrons. The maximum absolute atomic E-state index is 9.64. The molecule has 0 aliphatic rings. The van der Waals surface area contributed by atoms with Gasteiger partial charge in [-0.1, -0.05) is 41.9 Å². The lowest BCUT2D eigenvalue weighted by Crippen LogP contribution is -2.16. The lowest BCUT2D eigenvalue weighted by Gasteiger charge is -2.21. The normalized spacial score (nSPS) is 12.2.